The van der Waals surface area contributed by atoms with Crippen molar-refractivity contribution < 1.29 is 23.7 Å². The van der Waals surface area contributed by atoms with Gasteiger partial charge in [-0.05, 0) is 39.0 Å². The number of fused-ring (bicyclic) bond motifs is 1. The lowest BCUT2D eigenvalue weighted by Gasteiger charge is -2.33. The van der Waals surface area contributed by atoms with Gasteiger partial charge in [0.2, 0.25) is 5.88 Å². The third-order valence-corrected chi connectivity index (χ3v) is 7.27. The van der Waals surface area contributed by atoms with Gasteiger partial charge in [-0.1, -0.05) is 17.8 Å². The zero-order valence-corrected chi connectivity index (χ0v) is 22.2. The molecule has 0 bridgehead atoms. The summed E-state index contributed by atoms with van der Waals surface area (Å²) in [5, 5.41) is 1.51. The first-order valence-electron chi connectivity index (χ1n) is 12.6. The Hall–Kier alpha value is -2.43. The van der Waals surface area contributed by atoms with E-state index >= 15 is 0 Å². The van der Waals surface area contributed by atoms with Gasteiger partial charge >= 0.3 is 6.09 Å². The van der Waals surface area contributed by atoms with E-state index in [1.165, 1.54) is 17.3 Å². The van der Waals surface area contributed by atoms with Gasteiger partial charge in [-0.2, -0.15) is 0 Å². The van der Waals surface area contributed by atoms with Crippen LogP contribution in [0.25, 0.3) is 16.5 Å². The van der Waals surface area contributed by atoms with E-state index in [-0.39, 0.29) is 12.2 Å². The van der Waals surface area contributed by atoms with E-state index in [2.05, 4.69) is 11.1 Å². The summed E-state index contributed by atoms with van der Waals surface area (Å²) in [4.78, 5) is 28.2. The van der Waals surface area contributed by atoms with Crippen molar-refractivity contribution in [2.24, 2.45) is 0 Å². The van der Waals surface area contributed by atoms with Crippen molar-refractivity contribution in [3.63, 3.8) is 0 Å². The Labute approximate surface area is 215 Å². The lowest BCUT2D eigenvalue weighted by Crippen LogP contribution is -2.44. The van der Waals surface area contributed by atoms with Crippen LogP contribution in [0.4, 0.5) is 4.79 Å². The minimum Gasteiger partial charge on any atom is -0.474 e. The molecule has 0 atom stereocenters. The van der Waals surface area contributed by atoms with Crippen molar-refractivity contribution >= 4 is 34.3 Å². The number of aromatic nitrogens is 3. The molecule has 2 saturated heterocycles. The Bertz CT molecular complexity index is 1150. The molecule has 2 fully saturated rings. The second-order valence-electron chi connectivity index (χ2n) is 10.4. The Kier molecular flexibility index (Phi) is 7.11. The molecule has 10 heteroatoms. The fourth-order valence-corrected chi connectivity index (χ4v) is 5.20. The number of hydrogen-bond donors (Lipinski definition) is 0. The fourth-order valence-electron chi connectivity index (χ4n) is 4.86. The smallest absolute Gasteiger partial charge is 0.410 e. The number of carbonyl (C=O) groups excluding carboxylic acids is 1. The van der Waals surface area contributed by atoms with Gasteiger partial charge < -0.3 is 23.8 Å². The van der Waals surface area contributed by atoms with Gasteiger partial charge in [0.1, 0.15) is 11.7 Å². The van der Waals surface area contributed by atoms with Crippen LogP contribution >= 0.6 is 11.8 Å². The topological polar surface area (TPSA) is 95.9 Å². The molecular weight excluding hydrogens is 480 g/mol. The lowest BCUT2D eigenvalue weighted by atomic mass is 9.89. The monoisotopic (exact) mass is 514 g/mol. The number of hydrogen-bond acceptors (Lipinski definition) is 9. The number of nitrogens with zero attached hydrogens (tertiary/aromatic N) is 4. The number of pyridine rings is 1. The SMILES string of the molecule is CSc1ncc2c(OC3CCN(C(=O)OC(C)(C)C)CC3)ncc(C3=CCC4(CC3)OCCO4)c2n1. The van der Waals surface area contributed by atoms with Crippen LogP contribution in [0.3, 0.4) is 0 Å². The van der Waals surface area contributed by atoms with Gasteiger partial charge in [0.05, 0.1) is 24.1 Å². The lowest BCUT2D eigenvalue weighted by molar-refractivity contribution is -0.159. The maximum Gasteiger partial charge on any atom is 0.410 e. The highest BCUT2D eigenvalue weighted by molar-refractivity contribution is 7.98. The average molecular weight is 515 g/mol. The van der Waals surface area contributed by atoms with E-state index in [1.807, 2.05) is 39.4 Å². The maximum atomic E-state index is 12.4. The Morgan fingerprint density at radius 1 is 1.17 bits per heavy atom. The normalized spacial score (nSPS) is 20.6. The van der Waals surface area contributed by atoms with Gasteiger partial charge in [-0.3, -0.25) is 0 Å². The predicted molar refractivity (Wildman–Crippen MR) is 137 cm³/mol. The first-order chi connectivity index (χ1) is 17.3. The van der Waals surface area contributed by atoms with E-state index in [0.29, 0.717) is 50.2 Å². The van der Waals surface area contributed by atoms with Crippen LogP contribution in [-0.4, -0.2) is 76.0 Å². The minimum atomic E-state index is -0.504. The Morgan fingerprint density at radius 3 is 2.56 bits per heavy atom. The molecule has 2 aromatic heterocycles. The summed E-state index contributed by atoms with van der Waals surface area (Å²) >= 11 is 1.51. The molecule has 36 heavy (non-hydrogen) atoms. The largest absolute Gasteiger partial charge is 0.474 e. The van der Waals surface area contributed by atoms with Crippen LogP contribution in [0.2, 0.25) is 0 Å². The van der Waals surface area contributed by atoms with Crippen LogP contribution in [0.1, 0.15) is 58.4 Å². The minimum absolute atomic E-state index is 0.0455. The number of amides is 1. The van der Waals surface area contributed by atoms with Crippen LogP contribution < -0.4 is 4.74 Å². The van der Waals surface area contributed by atoms with Gasteiger partial charge in [0, 0.05) is 56.7 Å². The highest BCUT2D eigenvalue weighted by Gasteiger charge is 2.38. The second kappa shape index (κ2) is 10.1. The Morgan fingerprint density at radius 2 is 1.92 bits per heavy atom. The summed E-state index contributed by atoms with van der Waals surface area (Å²) in [6, 6.07) is 0. The molecule has 194 valence electrons. The molecule has 5 rings (SSSR count). The summed E-state index contributed by atoms with van der Waals surface area (Å²) in [5.41, 5.74) is 2.54. The van der Waals surface area contributed by atoms with Gasteiger partial charge in [-0.25, -0.2) is 19.7 Å². The molecular formula is C26H34N4O5S. The molecule has 1 aliphatic carbocycles. The summed E-state index contributed by atoms with van der Waals surface area (Å²) in [5.74, 6) is 0.0658. The summed E-state index contributed by atoms with van der Waals surface area (Å²) in [6.07, 6.45) is 11.3. The van der Waals surface area contributed by atoms with E-state index in [9.17, 15) is 4.79 Å². The van der Waals surface area contributed by atoms with Crippen molar-refractivity contribution in [2.45, 2.75) is 75.5 Å². The van der Waals surface area contributed by atoms with Gasteiger partial charge in [0.25, 0.3) is 0 Å². The zero-order valence-electron chi connectivity index (χ0n) is 21.4. The number of rotatable bonds is 4. The molecule has 0 radical (unpaired) electrons. The average Bonchev–Trinajstić information content (AvgIpc) is 3.32. The fraction of sp³-hybridized carbons (Fsp3) is 0.615. The van der Waals surface area contributed by atoms with E-state index in [1.54, 1.807) is 4.90 Å². The Balaban J connectivity index is 1.34. The molecule has 1 amide bonds. The number of ether oxygens (including phenoxy) is 4. The predicted octanol–water partition coefficient (Wildman–Crippen LogP) is 4.84. The number of allylic oxidation sites excluding steroid dienone is 1. The number of likely N-dealkylation sites (tertiary alicyclic amines) is 1. The molecule has 0 saturated carbocycles. The number of piperidine rings is 1. The van der Waals surface area contributed by atoms with Crippen molar-refractivity contribution in [2.75, 3.05) is 32.6 Å². The first-order valence-corrected chi connectivity index (χ1v) is 13.8. The summed E-state index contributed by atoms with van der Waals surface area (Å²) in [6.45, 7) is 8.11. The highest BCUT2D eigenvalue weighted by Crippen LogP contribution is 2.40. The molecule has 2 aromatic rings. The van der Waals surface area contributed by atoms with E-state index in [0.717, 1.165) is 35.7 Å². The standard InChI is InChI=1S/C26H34N4O5S/c1-25(2,3)35-24(31)30-11-7-18(8-12-30)34-22-20-16-28-23(36-4)29-21(20)19(15-27-22)17-5-9-26(10-6-17)32-13-14-33-26/h5,15-16,18H,6-14H2,1-4H3. The van der Waals surface area contributed by atoms with Gasteiger partial charge in [0.15, 0.2) is 10.9 Å². The molecule has 3 aliphatic rings. The quantitative estimate of drug-likeness (QED) is 0.420. The van der Waals surface area contributed by atoms with Gasteiger partial charge in [-0.15, -0.1) is 0 Å². The van der Waals surface area contributed by atoms with Crippen molar-refractivity contribution in [1.82, 2.24) is 19.9 Å². The molecule has 1 spiro atoms. The first kappa shape index (κ1) is 25.2. The number of carbonyl (C=O) groups is 1. The van der Waals surface area contributed by atoms with Crippen molar-refractivity contribution in [3.8, 4) is 5.88 Å². The maximum absolute atomic E-state index is 12.4. The highest BCUT2D eigenvalue weighted by atomic mass is 32.2. The molecule has 4 heterocycles. The van der Waals surface area contributed by atoms with E-state index < -0.39 is 11.4 Å². The molecule has 9 nitrogen and oxygen atoms in total. The summed E-state index contributed by atoms with van der Waals surface area (Å²) < 4.78 is 23.6. The molecule has 2 aliphatic heterocycles. The third-order valence-electron chi connectivity index (χ3n) is 6.71. The molecule has 0 unspecified atom stereocenters. The van der Waals surface area contributed by atoms with Crippen LogP contribution in [0, 0.1) is 0 Å². The van der Waals surface area contributed by atoms with Crippen molar-refractivity contribution in [3.05, 3.63) is 24.0 Å². The summed E-state index contributed by atoms with van der Waals surface area (Å²) in [7, 11) is 0. The number of thioether (sulfide) groups is 1. The van der Waals surface area contributed by atoms with Crippen molar-refractivity contribution in [1.29, 1.82) is 0 Å². The zero-order chi connectivity index (χ0) is 25.3. The van der Waals surface area contributed by atoms with Crippen LogP contribution in [0.5, 0.6) is 5.88 Å². The third kappa shape index (κ3) is 5.45. The second-order valence-corrected chi connectivity index (χ2v) is 11.2. The van der Waals surface area contributed by atoms with Crippen LogP contribution in [0.15, 0.2) is 23.6 Å². The van der Waals surface area contributed by atoms with E-state index in [4.69, 9.17) is 28.9 Å². The van der Waals surface area contributed by atoms with Crippen LogP contribution in [-0.2, 0) is 14.2 Å². The molecule has 0 N–H and O–H groups in total. The molecule has 0 aromatic carbocycles.